The fraction of sp³-hybridized carbons (Fsp3) is 0.318. The smallest absolute Gasteiger partial charge is 0.228 e. The van der Waals surface area contributed by atoms with E-state index in [1.54, 1.807) is 12.1 Å². The Labute approximate surface area is 162 Å². The highest BCUT2D eigenvalue weighted by atomic mass is 19.1. The lowest BCUT2D eigenvalue weighted by Gasteiger charge is -2.12. The van der Waals surface area contributed by atoms with E-state index in [1.165, 1.54) is 12.1 Å². The van der Waals surface area contributed by atoms with Crippen molar-refractivity contribution in [2.75, 3.05) is 18.5 Å². The number of anilines is 1. The third-order valence-corrected chi connectivity index (χ3v) is 5.00. The van der Waals surface area contributed by atoms with Crippen LogP contribution in [0.3, 0.4) is 0 Å². The van der Waals surface area contributed by atoms with Gasteiger partial charge in [-0.3, -0.25) is 4.79 Å². The summed E-state index contributed by atoms with van der Waals surface area (Å²) in [5.41, 5.74) is 3.16. The summed E-state index contributed by atoms with van der Waals surface area (Å²) >= 11 is 0. The first-order chi connectivity index (χ1) is 13.6. The molecule has 0 saturated carbocycles. The minimum absolute atomic E-state index is 0.142. The number of ether oxygens (including phenoxy) is 2. The van der Waals surface area contributed by atoms with Gasteiger partial charge in [0.25, 0.3) is 0 Å². The lowest BCUT2D eigenvalue weighted by atomic mass is 10.1. The number of carbonyl (C=O) groups excluding carboxylic acids is 1. The van der Waals surface area contributed by atoms with Crippen LogP contribution in [0.15, 0.2) is 42.5 Å². The Morgan fingerprint density at radius 3 is 3.04 bits per heavy atom. The Kier molecular flexibility index (Phi) is 5.30. The third-order valence-electron chi connectivity index (χ3n) is 5.00. The zero-order valence-electron chi connectivity index (χ0n) is 15.8. The maximum absolute atomic E-state index is 13.6. The fourth-order valence-corrected chi connectivity index (χ4v) is 3.58. The lowest BCUT2D eigenvalue weighted by molar-refractivity contribution is -0.115. The molecule has 5 nitrogen and oxygen atoms in total. The Hall–Kier alpha value is -2.86. The molecule has 1 aromatic heterocycles. The van der Waals surface area contributed by atoms with Gasteiger partial charge in [0.05, 0.1) is 12.5 Å². The highest BCUT2D eigenvalue weighted by Gasteiger charge is 2.16. The zero-order chi connectivity index (χ0) is 19.5. The number of carbonyl (C=O) groups is 1. The number of aromatic amines is 1. The monoisotopic (exact) mass is 382 g/mol. The Morgan fingerprint density at radius 1 is 1.32 bits per heavy atom. The van der Waals surface area contributed by atoms with Crippen LogP contribution in [-0.4, -0.2) is 30.2 Å². The molecule has 0 radical (unpaired) electrons. The molecule has 0 bridgehead atoms. The molecule has 0 aliphatic carbocycles. The van der Waals surface area contributed by atoms with Gasteiger partial charge in [-0.05, 0) is 55.7 Å². The molecule has 2 heterocycles. The van der Waals surface area contributed by atoms with Crippen molar-refractivity contribution in [2.24, 2.45) is 0 Å². The standard InChI is InChI=1S/C22H23FN2O3/c1-14-19(20-10-15(23)7-8-21(20)24-14)12-22(26)25-16-4-2-5-17(11-16)28-13-18-6-3-9-27-18/h2,4-5,7-8,10-11,18,24H,3,6,9,12-13H2,1H3,(H,25,26). The van der Waals surface area contributed by atoms with E-state index in [4.69, 9.17) is 9.47 Å². The van der Waals surface area contributed by atoms with Gasteiger partial charge < -0.3 is 19.8 Å². The molecule has 146 valence electrons. The van der Waals surface area contributed by atoms with E-state index in [-0.39, 0.29) is 24.2 Å². The second-order valence-corrected chi connectivity index (χ2v) is 7.12. The van der Waals surface area contributed by atoms with Gasteiger partial charge in [-0.2, -0.15) is 0 Å². The van der Waals surface area contributed by atoms with Crippen LogP contribution in [0.2, 0.25) is 0 Å². The van der Waals surface area contributed by atoms with Crippen molar-refractivity contribution < 1.29 is 18.7 Å². The largest absolute Gasteiger partial charge is 0.491 e. The van der Waals surface area contributed by atoms with Gasteiger partial charge >= 0.3 is 0 Å². The van der Waals surface area contributed by atoms with Crippen LogP contribution in [0.4, 0.5) is 10.1 Å². The van der Waals surface area contributed by atoms with Crippen molar-refractivity contribution in [3.63, 3.8) is 0 Å². The van der Waals surface area contributed by atoms with Crippen molar-refractivity contribution in [1.82, 2.24) is 4.98 Å². The normalized spacial score (nSPS) is 16.4. The molecule has 28 heavy (non-hydrogen) atoms. The second kappa shape index (κ2) is 8.02. The number of rotatable bonds is 6. The Balaban J connectivity index is 1.42. The average molecular weight is 382 g/mol. The summed E-state index contributed by atoms with van der Waals surface area (Å²) in [7, 11) is 0. The summed E-state index contributed by atoms with van der Waals surface area (Å²) in [4.78, 5) is 15.8. The van der Waals surface area contributed by atoms with Crippen molar-refractivity contribution in [1.29, 1.82) is 0 Å². The first-order valence-electron chi connectivity index (χ1n) is 9.49. The molecule has 3 aromatic rings. The van der Waals surface area contributed by atoms with Crippen LogP contribution in [-0.2, 0) is 16.0 Å². The summed E-state index contributed by atoms with van der Waals surface area (Å²) in [6, 6.07) is 11.9. The van der Waals surface area contributed by atoms with Crippen LogP contribution >= 0.6 is 0 Å². The van der Waals surface area contributed by atoms with Gasteiger partial charge in [0.2, 0.25) is 5.91 Å². The Bertz CT molecular complexity index is 993. The number of hydrogen-bond donors (Lipinski definition) is 2. The third kappa shape index (κ3) is 4.17. The molecule has 1 saturated heterocycles. The van der Waals surface area contributed by atoms with E-state index < -0.39 is 0 Å². The first kappa shape index (κ1) is 18.5. The van der Waals surface area contributed by atoms with Crippen LogP contribution in [0.1, 0.15) is 24.1 Å². The number of hydrogen-bond acceptors (Lipinski definition) is 3. The van der Waals surface area contributed by atoms with E-state index in [1.807, 2.05) is 25.1 Å². The van der Waals surface area contributed by atoms with E-state index in [0.29, 0.717) is 18.0 Å². The van der Waals surface area contributed by atoms with E-state index in [0.717, 1.165) is 41.6 Å². The van der Waals surface area contributed by atoms with Gasteiger partial charge in [0.15, 0.2) is 0 Å². The number of fused-ring (bicyclic) bond motifs is 1. The number of nitrogens with one attached hydrogen (secondary N) is 2. The molecule has 1 atom stereocenters. The van der Waals surface area contributed by atoms with E-state index in [9.17, 15) is 9.18 Å². The summed E-state index contributed by atoms with van der Waals surface area (Å²) in [6.45, 7) is 3.19. The molecule has 2 N–H and O–H groups in total. The number of aryl methyl sites for hydroxylation is 1. The summed E-state index contributed by atoms with van der Waals surface area (Å²) in [6.07, 6.45) is 2.39. The van der Waals surface area contributed by atoms with E-state index >= 15 is 0 Å². The highest BCUT2D eigenvalue weighted by molar-refractivity contribution is 5.96. The predicted molar refractivity (Wildman–Crippen MR) is 106 cm³/mol. The highest BCUT2D eigenvalue weighted by Crippen LogP contribution is 2.25. The molecule has 6 heteroatoms. The molecule has 2 aromatic carbocycles. The van der Waals surface area contributed by atoms with E-state index in [2.05, 4.69) is 10.3 Å². The average Bonchev–Trinajstić information content (AvgIpc) is 3.29. The van der Waals surface area contributed by atoms with Crippen LogP contribution in [0.5, 0.6) is 5.75 Å². The maximum atomic E-state index is 13.6. The molecule has 1 aliphatic heterocycles. The van der Waals surface area contributed by atoms with Gasteiger partial charge in [0, 0.05) is 35.0 Å². The van der Waals surface area contributed by atoms with Gasteiger partial charge in [-0.25, -0.2) is 4.39 Å². The summed E-state index contributed by atoms with van der Waals surface area (Å²) in [5.74, 6) is 0.215. The number of H-pyrrole nitrogens is 1. The van der Waals surface area contributed by atoms with Crippen molar-refractivity contribution >= 4 is 22.5 Å². The quantitative estimate of drug-likeness (QED) is 0.666. The molecular formula is C22H23FN2O3. The fourth-order valence-electron chi connectivity index (χ4n) is 3.58. The molecule has 1 aliphatic rings. The predicted octanol–water partition coefficient (Wildman–Crippen LogP) is 4.35. The molecule has 0 spiro atoms. The minimum atomic E-state index is -0.316. The molecule has 4 rings (SSSR count). The zero-order valence-corrected chi connectivity index (χ0v) is 15.8. The van der Waals surface area contributed by atoms with Gasteiger partial charge in [0.1, 0.15) is 18.2 Å². The van der Waals surface area contributed by atoms with Crippen LogP contribution < -0.4 is 10.1 Å². The number of aromatic nitrogens is 1. The van der Waals surface area contributed by atoms with Crippen LogP contribution in [0, 0.1) is 12.7 Å². The SMILES string of the molecule is Cc1[nH]c2ccc(F)cc2c1CC(=O)Nc1cccc(OCC2CCCO2)c1. The minimum Gasteiger partial charge on any atom is -0.491 e. The lowest BCUT2D eigenvalue weighted by Crippen LogP contribution is -2.17. The van der Waals surface area contributed by atoms with Gasteiger partial charge in [-0.15, -0.1) is 0 Å². The molecular weight excluding hydrogens is 359 g/mol. The maximum Gasteiger partial charge on any atom is 0.228 e. The second-order valence-electron chi connectivity index (χ2n) is 7.12. The number of halogens is 1. The first-order valence-corrected chi connectivity index (χ1v) is 9.49. The van der Waals surface area contributed by atoms with Crippen molar-refractivity contribution in [3.05, 3.63) is 59.5 Å². The topological polar surface area (TPSA) is 63.4 Å². The number of amides is 1. The van der Waals surface area contributed by atoms with Crippen LogP contribution in [0.25, 0.3) is 10.9 Å². The number of benzene rings is 2. The molecule has 1 amide bonds. The Morgan fingerprint density at radius 2 is 2.21 bits per heavy atom. The summed E-state index contributed by atoms with van der Waals surface area (Å²) < 4.78 is 24.9. The van der Waals surface area contributed by atoms with Crippen molar-refractivity contribution in [3.8, 4) is 5.75 Å². The molecule has 1 fully saturated rings. The van der Waals surface area contributed by atoms with Gasteiger partial charge in [-0.1, -0.05) is 6.07 Å². The summed E-state index contributed by atoms with van der Waals surface area (Å²) in [5, 5.41) is 3.63. The molecule has 1 unspecified atom stereocenters. The van der Waals surface area contributed by atoms with Crippen molar-refractivity contribution in [2.45, 2.75) is 32.3 Å².